The zero-order chi connectivity index (χ0) is 8.97. The van der Waals surface area contributed by atoms with Gasteiger partial charge in [-0.1, -0.05) is 13.3 Å². The Morgan fingerprint density at radius 3 is 2.75 bits per heavy atom. The highest BCUT2D eigenvalue weighted by Gasteiger charge is 2.21. The van der Waals surface area contributed by atoms with Crippen molar-refractivity contribution >= 4 is 0 Å². The average Bonchev–Trinajstić information content (AvgIpc) is 2.30. The van der Waals surface area contributed by atoms with Gasteiger partial charge >= 0.3 is 0 Å². The summed E-state index contributed by atoms with van der Waals surface area (Å²) >= 11 is 0. The predicted octanol–water partition coefficient (Wildman–Crippen LogP) is 1.39. The molecule has 0 bridgehead atoms. The van der Waals surface area contributed by atoms with Crippen molar-refractivity contribution in [3.8, 4) is 0 Å². The Morgan fingerprint density at radius 2 is 2.08 bits per heavy atom. The summed E-state index contributed by atoms with van der Waals surface area (Å²) in [5, 5.41) is 12.9. The Balaban J connectivity index is 2.37. The number of hydrogen-bond donors (Lipinski definition) is 2. The van der Waals surface area contributed by atoms with Crippen LogP contribution in [0.1, 0.15) is 33.1 Å². The fraction of sp³-hybridized carbons (Fsp3) is 1.00. The van der Waals surface area contributed by atoms with Crippen LogP contribution in [-0.2, 0) is 0 Å². The molecule has 2 nitrogen and oxygen atoms in total. The molecule has 1 saturated heterocycles. The smallest absolute Gasteiger partial charge is 0.0540 e. The minimum Gasteiger partial charge on any atom is -0.393 e. The van der Waals surface area contributed by atoms with Gasteiger partial charge in [-0.3, -0.25) is 0 Å². The summed E-state index contributed by atoms with van der Waals surface area (Å²) in [6.45, 7) is 6.30. The normalized spacial score (nSPS) is 30.8. The van der Waals surface area contributed by atoms with Crippen LogP contribution in [0, 0.1) is 11.8 Å². The van der Waals surface area contributed by atoms with Crippen molar-refractivity contribution in [1.29, 1.82) is 0 Å². The van der Waals surface area contributed by atoms with Gasteiger partial charge in [-0.05, 0) is 44.7 Å². The van der Waals surface area contributed by atoms with Crippen LogP contribution in [0.2, 0.25) is 0 Å². The SMILES string of the molecule is CC(O)C(C)C1CCCCNC1. The maximum absolute atomic E-state index is 9.44. The zero-order valence-corrected chi connectivity index (χ0v) is 8.21. The first-order chi connectivity index (χ1) is 5.72. The van der Waals surface area contributed by atoms with E-state index in [1.165, 1.54) is 19.3 Å². The molecule has 0 saturated carbocycles. The number of aliphatic hydroxyl groups is 1. The standard InChI is InChI=1S/C10H21NO/c1-8(9(2)12)10-5-3-4-6-11-7-10/h8-12H,3-7H2,1-2H3. The first-order valence-electron chi connectivity index (χ1n) is 5.10. The van der Waals surface area contributed by atoms with Crippen molar-refractivity contribution < 1.29 is 5.11 Å². The third kappa shape index (κ3) is 2.76. The molecule has 0 spiro atoms. The molecule has 3 unspecified atom stereocenters. The van der Waals surface area contributed by atoms with E-state index in [1.54, 1.807) is 0 Å². The van der Waals surface area contributed by atoms with Crippen molar-refractivity contribution in [2.75, 3.05) is 13.1 Å². The molecule has 1 rings (SSSR count). The molecule has 0 radical (unpaired) electrons. The third-order valence-electron chi connectivity index (χ3n) is 3.09. The minimum atomic E-state index is -0.158. The van der Waals surface area contributed by atoms with Gasteiger partial charge in [-0.15, -0.1) is 0 Å². The van der Waals surface area contributed by atoms with E-state index in [2.05, 4.69) is 12.2 Å². The molecular formula is C10H21NO. The van der Waals surface area contributed by atoms with Crippen LogP contribution >= 0.6 is 0 Å². The highest BCUT2D eigenvalue weighted by Crippen LogP contribution is 2.22. The lowest BCUT2D eigenvalue weighted by atomic mass is 9.86. The fourth-order valence-corrected chi connectivity index (χ4v) is 1.89. The van der Waals surface area contributed by atoms with Gasteiger partial charge in [0, 0.05) is 0 Å². The highest BCUT2D eigenvalue weighted by molar-refractivity contribution is 4.75. The largest absolute Gasteiger partial charge is 0.393 e. The van der Waals surface area contributed by atoms with Gasteiger partial charge in [0.1, 0.15) is 0 Å². The van der Waals surface area contributed by atoms with E-state index < -0.39 is 0 Å². The first-order valence-corrected chi connectivity index (χ1v) is 5.10. The molecule has 0 aromatic carbocycles. The molecule has 12 heavy (non-hydrogen) atoms. The molecule has 1 aliphatic heterocycles. The monoisotopic (exact) mass is 171 g/mol. The van der Waals surface area contributed by atoms with Gasteiger partial charge in [0.2, 0.25) is 0 Å². The van der Waals surface area contributed by atoms with E-state index in [0.717, 1.165) is 13.1 Å². The van der Waals surface area contributed by atoms with Crippen molar-refractivity contribution in [3.05, 3.63) is 0 Å². The predicted molar refractivity (Wildman–Crippen MR) is 51.1 cm³/mol. The second-order valence-corrected chi connectivity index (χ2v) is 4.06. The Kier molecular flexibility index (Phi) is 4.02. The summed E-state index contributed by atoms with van der Waals surface area (Å²) in [4.78, 5) is 0. The van der Waals surface area contributed by atoms with Crippen LogP contribution in [0.3, 0.4) is 0 Å². The van der Waals surface area contributed by atoms with Crippen molar-refractivity contribution in [1.82, 2.24) is 5.32 Å². The fourth-order valence-electron chi connectivity index (χ4n) is 1.89. The molecule has 3 atom stereocenters. The molecule has 1 fully saturated rings. The zero-order valence-electron chi connectivity index (χ0n) is 8.21. The molecule has 0 amide bonds. The van der Waals surface area contributed by atoms with Crippen LogP contribution in [0.4, 0.5) is 0 Å². The molecular weight excluding hydrogens is 150 g/mol. The van der Waals surface area contributed by atoms with E-state index in [-0.39, 0.29) is 6.10 Å². The number of hydrogen-bond acceptors (Lipinski definition) is 2. The maximum Gasteiger partial charge on any atom is 0.0540 e. The second-order valence-electron chi connectivity index (χ2n) is 4.06. The third-order valence-corrected chi connectivity index (χ3v) is 3.09. The second kappa shape index (κ2) is 4.83. The Bertz CT molecular complexity index is 117. The van der Waals surface area contributed by atoms with Crippen LogP contribution in [0.15, 0.2) is 0 Å². The van der Waals surface area contributed by atoms with Crippen molar-refractivity contribution in [3.63, 3.8) is 0 Å². The molecule has 72 valence electrons. The Hall–Kier alpha value is -0.0800. The van der Waals surface area contributed by atoms with E-state index in [0.29, 0.717) is 11.8 Å². The summed E-state index contributed by atoms with van der Waals surface area (Å²) < 4.78 is 0. The van der Waals surface area contributed by atoms with E-state index in [1.807, 2.05) is 6.92 Å². The highest BCUT2D eigenvalue weighted by atomic mass is 16.3. The van der Waals surface area contributed by atoms with Gasteiger partial charge < -0.3 is 10.4 Å². The summed E-state index contributed by atoms with van der Waals surface area (Å²) in [5.74, 6) is 1.11. The molecule has 0 aliphatic carbocycles. The van der Waals surface area contributed by atoms with E-state index in [9.17, 15) is 5.11 Å². The molecule has 2 heteroatoms. The van der Waals surface area contributed by atoms with Crippen molar-refractivity contribution in [2.45, 2.75) is 39.2 Å². The quantitative estimate of drug-likeness (QED) is 0.658. The van der Waals surface area contributed by atoms with Gasteiger partial charge in [0.05, 0.1) is 6.10 Å². The maximum atomic E-state index is 9.44. The average molecular weight is 171 g/mol. The lowest BCUT2D eigenvalue weighted by molar-refractivity contribution is 0.0962. The molecule has 1 aliphatic rings. The lowest BCUT2D eigenvalue weighted by Gasteiger charge is -2.24. The molecule has 0 aromatic rings. The number of aliphatic hydroxyl groups excluding tert-OH is 1. The van der Waals surface area contributed by atoms with Gasteiger partial charge in [-0.2, -0.15) is 0 Å². The first kappa shape index (κ1) is 10.0. The van der Waals surface area contributed by atoms with Crippen LogP contribution in [0.5, 0.6) is 0 Å². The van der Waals surface area contributed by atoms with Gasteiger partial charge in [0.25, 0.3) is 0 Å². The summed E-state index contributed by atoms with van der Waals surface area (Å²) in [6, 6.07) is 0. The molecule has 2 N–H and O–H groups in total. The topological polar surface area (TPSA) is 32.3 Å². The Morgan fingerprint density at radius 1 is 1.33 bits per heavy atom. The Labute approximate surface area is 75.4 Å². The van der Waals surface area contributed by atoms with Crippen LogP contribution in [-0.4, -0.2) is 24.3 Å². The number of nitrogens with one attached hydrogen (secondary N) is 1. The van der Waals surface area contributed by atoms with E-state index in [4.69, 9.17) is 0 Å². The summed E-state index contributed by atoms with van der Waals surface area (Å²) in [7, 11) is 0. The van der Waals surface area contributed by atoms with E-state index >= 15 is 0 Å². The van der Waals surface area contributed by atoms with Gasteiger partial charge in [0.15, 0.2) is 0 Å². The summed E-state index contributed by atoms with van der Waals surface area (Å²) in [5.41, 5.74) is 0. The van der Waals surface area contributed by atoms with Crippen molar-refractivity contribution in [2.24, 2.45) is 11.8 Å². The minimum absolute atomic E-state index is 0.158. The molecule has 0 aromatic heterocycles. The van der Waals surface area contributed by atoms with Crippen LogP contribution in [0.25, 0.3) is 0 Å². The van der Waals surface area contributed by atoms with Crippen LogP contribution < -0.4 is 5.32 Å². The summed E-state index contributed by atoms with van der Waals surface area (Å²) in [6.07, 6.45) is 3.73. The number of rotatable bonds is 2. The molecule has 1 heterocycles. The lowest BCUT2D eigenvalue weighted by Crippen LogP contribution is -2.30. The van der Waals surface area contributed by atoms with Gasteiger partial charge in [-0.25, -0.2) is 0 Å².